The van der Waals surface area contributed by atoms with E-state index in [2.05, 4.69) is 0 Å². The molecule has 3 nitrogen and oxygen atoms in total. The van der Waals surface area contributed by atoms with Gasteiger partial charge in [0, 0.05) is 11.6 Å². The Morgan fingerprint density at radius 1 is 0.792 bits per heavy atom. The van der Waals surface area contributed by atoms with Gasteiger partial charge in [0.25, 0.3) is 0 Å². The van der Waals surface area contributed by atoms with Crippen LogP contribution in [0.4, 0.5) is 0 Å². The molecule has 1 unspecified atom stereocenters. The molecular formula is C21H21NO2. The molecule has 3 rings (SSSR count). The standard InChI is InChI=1S/C21H21NO2/c1-23-20-13-7-5-9-16(20)15-19(22)18-12-6-8-14-21(18)24-17-10-3-2-4-11-17/h2-14,19H,15,22H2,1H3. The van der Waals surface area contributed by atoms with Gasteiger partial charge < -0.3 is 15.2 Å². The molecule has 24 heavy (non-hydrogen) atoms. The maximum atomic E-state index is 6.47. The number of nitrogens with two attached hydrogens (primary N) is 1. The molecule has 122 valence electrons. The fourth-order valence-electron chi connectivity index (χ4n) is 2.71. The van der Waals surface area contributed by atoms with E-state index in [9.17, 15) is 0 Å². The van der Waals surface area contributed by atoms with Gasteiger partial charge in [0.05, 0.1) is 7.11 Å². The van der Waals surface area contributed by atoms with E-state index >= 15 is 0 Å². The quantitative estimate of drug-likeness (QED) is 0.714. The molecule has 0 saturated heterocycles. The lowest BCUT2D eigenvalue weighted by atomic mass is 9.98. The minimum absolute atomic E-state index is 0.179. The molecule has 0 heterocycles. The van der Waals surface area contributed by atoms with Gasteiger partial charge in [-0.1, -0.05) is 54.6 Å². The van der Waals surface area contributed by atoms with Gasteiger partial charge in [-0.2, -0.15) is 0 Å². The number of ether oxygens (including phenoxy) is 2. The molecule has 2 N–H and O–H groups in total. The van der Waals surface area contributed by atoms with Crippen LogP contribution < -0.4 is 15.2 Å². The van der Waals surface area contributed by atoms with Crippen LogP contribution in [0.3, 0.4) is 0 Å². The van der Waals surface area contributed by atoms with Crippen molar-refractivity contribution in [2.75, 3.05) is 7.11 Å². The van der Waals surface area contributed by atoms with Crippen LogP contribution in [0, 0.1) is 0 Å². The van der Waals surface area contributed by atoms with Crippen molar-refractivity contribution in [3.63, 3.8) is 0 Å². The summed E-state index contributed by atoms with van der Waals surface area (Å²) in [4.78, 5) is 0. The number of hydrogen-bond acceptors (Lipinski definition) is 3. The highest BCUT2D eigenvalue weighted by atomic mass is 16.5. The number of para-hydroxylation sites is 3. The highest BCUT2D eigenvalue weighted by molar-refractivity contribution is 5.41. The van der Waals surface area contributed by atoms with Crippen LogP contribution >= 0.6 is 0 Å². The van der Waals surface area contributed by atoms with Crippen molar-refractivity contribution >= 4 is 0 Å². The normalized spacial score (nSPS) is 11.8. The van der Waals surface area contributed by atoms with E-state index in [1.807, 2.05) is 78.9 Å². The molecule has 0 saturated carbocycles. The fraction of sp³-hybridized carbons (Fsp3) is 0.143. The second-order valence-electron chi connectivity index (χ2n) is 5.58. The van der Waals surface area contributed by atoms with Gasteiger partial charge in [0.1, 0.15) is 17.2 Å². The predicted octanol–water partition coefficient (Wildman–Crippen LogP) is 4.73. The predicted molar refractivity (Wildman–Crippen MR) is 96.6 cm³/mol. The van der Waals surface area contributed by atoms with Crippen molar-refractivity contribution in [1.29, 1.82) is 0 Å². The van der Waals surface area contributed by atoms with Gasteiger partial charge in [-0.05, 0) is 36.2 Å². The van der Waals surface area contributed by atoms with E-state index in [-0.39, 0.29) is 6.04 Å². The fourth-order valence-corrected chi connectivity index (χ4v) is 2.71. The molecule has 0 bridgehead atoms. The van der Waals surface area contributed by atoms with Crippen LogP contribution in [0.2, 0.25) is 0 Å². The molecule has 0 fully saturated rings. The molecule has 3 aromatic rings. The van der Waals surface area contributed by atoms with Crippen molar-refractivity contribution in [3.05, 3.63) is 90.0 Å². The third-order valence-electron chi connectivity index (χ3n) is 3.92. The lowest BCUT2D eigenvalue weighted by molar-refractivity contribution is 0.407. The summed E-state index contributed by atoms with van der Waals surface area (Å²) in [7, 11) is 1.68. The average Bonchev–Trinajstić information content (AvgIpc) is 2.63. The Kier molecular flexibility index (Phi) is 5.14. The minimum Gasteiger partial charge on any atom is -0.496 e. The van der Waals surface area contributed by atoms with Crippen LogP contribution in [-0.4, -0.2) is 7.11 Å². The van der Waals surface area contributed by atoms with Gasteiger partial charge in [-0.25, -0.2) is 0 Å². The second-order valence-corrected chi connectivity index (χ2v) is 5.58. The highest BCUT2D eigenvalue weighted by Crippen LogP contribution is 2.31. The molecule has 0 aromatic heterocycles. The Hall–Kier alpha value is -2.78. The van der Waals surface area contributed by atoms with Gasteiger partial charge in [-0.15, -0.1) is 0 Å². The topological polar surface area (TPSA) is 44.5 Å². The van der Waals surface area contributed by atoms with Crippen LogP contribution in [0.25, 0.3) is 0 Å². The summed E-state index contributed by atoms with van der Waals surface area (Å²) in [6.45, 7) is 0. The molecule has 0 aliphatic rings. The average molecular weight is 319 g/mol. The van der Waals surface area contributed by atoms with E-state index < -0.39 is 0 Å². The van der Waals surface area contributed by atoms with Gasteiger partial charge in [0.15, 0.2) is 0 Å². The summed E-state index contributed by atoms with van der Waals surface area (Å²) in [6.07, 6.45) is 0.680. The Morgan fingerprint density at radius 2 is 1.42 bits per heavy atom. The molecule has 0 aliphatic heterocycles. The summed E-state index contributed by atoms with van der Waals surface area (Å²) in [5.74, 6) is 2.44. The van der Waals surface area contributed by atoms with Crippen molar-refractivity contribution in [2.45, 2.75) is 12.5 Å². The smallest absolute Gasteiger partial charge is 0.132 e. The first-order valence-electron chi connectivity index (χ1n) is 7.97. The maximum Gasteiger partial charge on any atom is 0.132 e. The third-order valence-corrected chi connectivity index (χ3v) is 3.92. The highest BCUT2D eigenvalue weighted by Gasteiger charge is 2.15. The monoisotopic (exact) mass is 319 g/mol. The lowest BCUT2D eigenvalue weighted by Gasteiger charge is -2.18. The largest absolute Gasteiger partial charge is 0.496 e. The summed E-state index contributed by atoms with van der Waals surface area (Å²) in [6, 6.07) is 25.4. The van der Waals surface area contributed by atoms with Gasteiger partial charge >= 0.3 is 0 Å². The zero-order valence-corrected chi connectivity index (χ0v) is 13.7. The Morgan fingerprint density at radius 3 is 2.17 bits per heavy atom. The second kappa shape index (κ2) is 7.66. The van der Waals surface area contributed by atoms with Crippen LogP contribution in [0.5, 0.6) is 17.2 Å². The van der Waals surface area contributed by atoms with Crippen LogP contribution in [0.1, 0.15) is 17.2 Å². The van der Waals surface area contributed by atoms with Crippen molar-refractivity contribution < 1.29 is 9.47 Å². The molecule has 1 atom stereocenters. The van der Waals surface area contributed by atoms with Crippen molar-refractivity contribution in [2.24, 2.45) is 5.73 Å². The number of methoxy groups -OCH3 is 1. The van der Waals surface area contributed by atoms with E-state index in [0.717, 1.165) is 28.4 Å². The van der Waals surface area contributed by atoms with Gasteiger partial charge in [0.2, 0.25) is 0 Å². The summed E-state index contributed by atoms with van der Waals surface area (Å²) in [5.41, 5.74) is 8.53. The molecule has 3 heteroatoms. The van der Waals surface area contributed by atoms with Crippen molar-refractivity contribution in [3.8, 4) is 17.2 Å². The Balaban J connectivity index is 1.83. The number of rotatable bonds is 6. The van der Waals surface area contributed by atoms with E-state index in [1.165, 1.54) is 0 Å². The maximum absolute atomic E-state index is 6.47. The zero-order chi connectivity index (χ0) is 16.8. The number of hydrogen-bond donors (Lipinski definition) is 1. The number of benzene rings is 3. The summed E-state index contributed by atoms with van der Waals surface area (Å²) < 4.78 is 11.4. The van der Waals surface area contributed by atoms with E-state index in [1.54, 1.807) is 7.11 Å². The Bertz CT molecular complexity index is 787. The lowest BCUT2D eigenvalue weighted by Crippen LogP contribution is -2.14. The summed E-state index contributed by atoms with van der Waals surface area (Å²) >= 11 is 0. The first kappa shape index (κ1) is 16.1. The SMILES string of the molecule is COc1ccccc1CC(N)c1ccccc1Oc1ccccc1. The first-order chi connectivity index (χ1) is 11.8. The molecule has 0 amide bonds. The first-order valence-corrected chi connectivity index (χ1v) is 7.97. The third kappa shape index (κ3) is 3.76. The van der Waals surface area contributed by atoms with Crippen molar-refractivity contribution in [1.82, 2.24) is 0 Å². The van der Waals surface area contributed by atoms with E-state index in [4.69, 9.17) is 15.2 Å². The van der Waals surface area contributed by atoms with Crippen LogP contribution in [-0.2, 0) is 6.42 Å². The Labute approximate surface area is 142 Å². The molecule has 0 spiro atoms. The zero-order valence-electron chi connectivity index (χ0n) is 13.7. The molecule has 0 aliphatic carbocycles. The van der Waals surface area contributed by atoms with Gasteiger partial charge in [-0.3, -0.25) is 0 Å². The van der Waals surface area contributed by atoms with E-state index in [0.29, 0.717) is 6.42 Å². The molecular weight excluding hydrogens is 298 g/mol. The molecule has 0 radical (unpaired) electrons. The molecule has 3 aromatic carbocycles. The van der Waals surface area contributed by atoms with Crippen LogP contribution in [0.15, 0.2) is 78.9 Å². The summed E-state index contributed by atoms with van der Waals surface area (Å²) in [5, 5.41) is 0. The minimum atomic E-state index is -0.179.